The van der Waals surface area contributed by atoms with Crippen LogP contribution in [0.4, 0.5) is 0 Å². The third kappa shape index (κ3) is 3.37. The molecule has 100 valence electrons. The number of aryl methyl sites for hydroxylation is 1. The van der Waals surface area contributed by atoms with Gasteiger partial charge < -0.3 is 13.9 Å². The van der Waals surface area contributed by atoms with Crippen LogP contribution in [-0.2, 0) is 9.53 Å². The van der Waals surface area contributed by atoms with Crippen LogP contribution in [0.25, 0.3) is 0 Å². The lowest BCUT2D eigenvalue weighted by molar-refractivity contribution is -0.143. The maximum atomic E-state index is 11.8. The summed E-state index contributed by atoms with van der Waals surface area (Å²) in [7, 11) is 1.35. The molecule has 19 heavy (non-hydrogen) atoms. The molecule has 2 aromatic rings. The van der Waals surface area contributed by atoms with Gasteiger partial charge in [-0.05, 0) is 31.2 Å². The van der Waals surface area contributed by atoms with Crippen molar-refractivity contribution in [3.05, 3.63) is 54.0 Å². The predicted octanol–water partition coefficient (Wildman–Crippen LogP) is 2.92. The molecule has 0 amide bonds. The Labute approximate surface area is 111 Å². The lowest BCUT2D eigenvalue weighted by Crippen LogP contribution is -2.20. The molecule has 1 aromatic heterocycles. The van der Waals surface area contributed by atoms with E-state index in [0.717, 1.165) is 5.76 Å². The first-order valence-electron chi connectivity index (χ1n) is 6.02. The molecule has 0 radical (unpaired) electrons. The number of furan rings is 1. The molecule has 0 saturated heterocycles. The molecule has 1 atom stereocenters. The molecule has 0 spiro atoms. The van der Waals surface area contributed by atoms with Gasteiger partial charge >= 0.3 is 5.97 Å². The maximum Gasteiger partial charge on any atom is 0.319 e. The summed E-state index contributed by atoms with van der Waals surface area (Å²) in [6.45, 7) is 2.01. The minimum Gasteiger partial charge on any atom is -0.492 e. The van der Waals surface area contributed by atoms with Crippen molar-refractivity contribution in [2.45, 2.75) is 12.8 Å². The van der Waals surface area contributed by atoms with Crippen molar-refractivity contribution >= 4 is 5.97 Å². The van der Waals surface area contributed by atoms with E-state index in [-0.39, 0.29) is 12.6 Å². The van der Waals surface area contributed by atoms with E-state index in [9.17, 15) is 4.79 Å². The van der Waals surface area contributed by atoms with E-state index in [2.05, 4.69) is 0 Å². The third-order valence-corrected chi connectivity index (χ3v) is 2.75. The van der Waals surface area contributed by atoms with Crippen LogP contribution in [0.1, 0.15) is 17.4 Å². The number of carbonyl (C=O) groups excluding carboxylic acids is 1. The highest BCUT2D eigenvalue weighted by Gasteiger charge is 2.25. The van der Waals surface area contributed by atoms with Gasteiger partial charge in [-0.15, -0.1) is 0 Å². The Morgan fingerprint density at radius 3 is 2.53 bits per heavy atom. The molecular formula is C15H16O4. The second-order valence-corrected chi connectivity index (χ2v) is 4.15. The molecule has 1 unspecified atom stereocenters. The van der Waals surface area contributed by atoms with Gasteiger partial charge in [0.25, 0.3) is 0 Å². The molecule has 0 aliphatic carbocycles. The Kier molecular flexibility index (Phi) is 4.23. The lowest BCUT2D eigenvalue weighted by atomic mass is 10.1. The van der Waals surface area contributed by atoms with Gasteiger partial charge in [-0.2, -0.15) is 0 Å². The Bertz CT molecular complexity index is 530. The van der Waals surface area contributed by atoms with E-state index < -0.39 is 5.92 Å². The molecule has 1 aromatic carbocycles. The van der Waals surface area contributed by atoms with Crippen molar-refractivity contribution in [2.75, 3.05) is 13.7 Å². The first-order valence-corrected chi connectivity index (χ1v) is 6.02. The van der Waals surface area contributed by atoms with Gasteiger partial charge in [-0.1, -0.05) is 18.2 Å². The van der Waals surface area contributed by atoms with Crippen LogP contribution in [0.5, 0.6) is 5.75 Å². The highest BCUT2D eigenvalue weighted by Crippen LogP contribution is 2.21. The van der Waals surface area contributed by atoms with Crippen molar-refractivity contribution in [3.63, 3.8) is 0 Å². The van der Waals surface area contributed by atoms with E-state index in [0.29, 0.717) is 11.5 Å². The fourth-order valence-corrected chi connectivity index (χ4v) is 1.75. The lowest BCUT2D eigenvalue weighted by Gasteiger charge is -2.13. The van der Waals surface area contributed by atoms with Crippen LogP contribution in [-0.4, -0.2) is 19.7 Å². The first-order chi connectivity index (χ1) is 9.20. The molecule has 2 rings (SSSR count). The molecule has 0 N–H and O–H groups in total. The molecule has 4 nitrogen and oxygen atoms in total. The fourth-order valence-electron chi connectivity index (χ4n) is 1.75. The number of methoxy groups -OCH3 is 1. The van der Waals surface area contributed by atoms with Gasteiger partial charge in [-0.25, -0.2) is 0 Å². The second kappa shape index (κ2) is 6.09. The first kappa shape index (κ1) is 13.2. The average molecular weight is 260 g/mol. The molecule has 4 heteroatoms. The van der Waals surface area contributed by atoms with Crippen LogP contribution in [0.15, 0.2) is 46.9 Å². The molecule has 0 fully saturated rings. The molecule has 1 heterocycles. The summed E-state index contributed by atoms with van der Waals surface area (Å²) in [4.78, 5) is 11.8. The van der Waals surface area contributed by atoms with Gasteiger partial charge in [0, 0.05) is 0 Å². The molecule has 0 aliphatic rings. The Balaban J connectivity index is 2.09. The Hall–Kier alpha value is -2.23. The van der Waals surface area contributed by atoms with E-state index >= 15 is 0 Å². The highest BCUT2D eigenvalue weighted by atomic mass is 16.5. The summed E-state index contributed by atoms with van der Waals surface area (Å²) >= 11 is 0. The number of ether oxygens (including phenoxy) is 2. The zero-order chi connectivity index (χ0) is 13.7. The maximum absolute atomic E-state index is 11.8. The second-order valence-electron chi connectivity index (χ2n) is 4.15. The largest absolute Gasteiger partial charge is 0.492 e. The van der Waals surface area contributed by atoms with Crippen molar-refractivity contribution in [2.24, 2.45) is 0 Å². The minimum atomic E-state index is -0.557. The number of hydrogen-bond donors (Lipinski definition) is 0. The van der Waals surface area contributed by atoms with Crippen LogP contribution in [0, 0.1) is 6.92 Å². The highest BCUT2D eigenvalue weighted by molar-refractivity contribution is 5.77. The minimum absolute atomic E-state index is 0.184. The van der Waals surface area contributed by atoms with Crippen LogP contribution in [0.3, 0.4) is 0 Å². The van der Waals surface area contributed by atoms with Crippen molar-refractivity contribution in [3.8, 4) is 5.75 Å². The van der Waals surface area contributed by atoms with Crippen LogP contribution in [0.2, 0.25) is 0 Å². The fraction of sp³-hybridized carbons (Fsp3) is 0.267. The quantitative estimate of drug-likeness (QED) is 0.775. The smallest absolute Gasteiger partial charge is 0.319 e. The van der Waals surface area contributed by atoms with E-state index in [1.165, 1.54) is 7.11 Å². The molecule has 0 bridgehead atoms. The van der Waals surface area contributed by atoms with Gasteiger partial charge in [-0.3, -0.25) is 4.79 Å². The average Bonchev–Trinajstić information content (AvgIpc) is 2.86. The SMILES string of the molecule is COC(=O)C(COc1ccccc1)c1ccc(C)o1. The normalized spacial score (nSPS) is 11.9. The van der Waals surface area contributed by atoms with Crippen LogP contribution < -0.4 is 4.74 Å². The van der Waals surface area contributed by atoms with E-state index in [1.807, 2.05) is 43.3 Å². The molecule has 0 saturated carbocycles. The molecular weight excluding hydrogens is 244 g/mol. The van der Waals surface area contributed by atoms with E-state index in [4.69, 9.17) is 13.9 Å². The summed E-state index contributed by atoms with van der Waals surface area (Å²) in [6, 6.07) is 12.9. The number of esters is 1. The predicted molar refractivity (Wildman–Crippen MR) is 70.1 cm³/mol. The number of para-hydroxylation sites is 1. The Morgan fingerprint density at radius 1 is 1.21 bits per heavy atom. The van der Waals surface area contributed by atoms with Crippen molar-refractivity contribution in [1.29, 1.82) is 0 Å². The summed E-state index contributed by atoms with van der Waals surface area (Å²) in [5.41, 5.74) is 0. The van der Waals surface area contributed by atoms with Crippen molar-refractivity contribution in [1.82, 2.24) is 0 Å². The monoisotopic (exact) mass is 260 g/mol. The third-order valence-electron chi connectivity index (χ3n) is 2.75. The summed E-state index contributed by atoms with van der Waals surface area (Å²) < 4.78 is 15.9. The summed E-state index contributed by atoms with van der Waals surface area (Å²) in [5, 5.41) is 0. The van der Waals surface area contributed by atoms with Gasteiger partial charge in [0.1, 0.15) is 29.8 Å². The van der Waals surface area contributed by atoms with E-state index in [1.54, 1.807) is 6.07 Å². The number of hydrogen-bond acceptors (Lipinski definition) is 4. The zero-order valence-corrected chi connectivity index (χ0v) is 11.0. The summed E-state index contributed by atoms with van der Waals surface area (Å²) in [6.07, 6.45) is 0. The summed E-state index contributed by atoms with van der Waals surface area (Å²) in [5.74, 6) is 1.09. The van der Waals surface area contributed by atoms with Gasteiger partial charge in [0.15, 0.2) is 0 Å². The van der Waals surface area contributed by atoms with Crippen molar-refractivity contribution < 1.29 is 18.7 Å². The van der Waals surface area contributed by atoms with Crippen LogP contribution >= 0.6 is 0 Å². The molecule has 0 aliphatic heterocycles. The van der Waals surface area contributed by atoms with Gasteiger partial charge in [0.2, 0.25) is 0 Å². The standard InChI is InChI=1S/C15H16O4/c1-11-8-9-14(19-11)13(15(16)17-2)10-18-12-6-4-3-5-7-12/h3-9,13H,10H2,1-2H3. The topological polar surface area (TPSA) is 48.7 Å². The Morgan fingerprint density at radius 2 is 1.95 bits per heavy atom. The number of rotatable bonds is 5. The number of benzene rings is 1. The number of carbonyl (C=O) groups is 1. The van der Waals surface area contributed by atoms with Gasteiger partial charge in [0.05, 0.1) is 7.11 Å². The zero-order valence-electron chi connectivity index (χ0n) is 11.0.